The minimum absolute atomic E-state index is 0.389. The zero-order chi connectivity index (χ0) is 12.7. The Morgan fingerprint density at radius 1 is 1.29 bits per heavy atom. The second-order valence-electron chi connectivity index (χ2n) is 5.39. The van der Waals surface area contributed by atoms with Crippen molar-refractivity contribution in [2.75, 3.05) is 26.2 Å². The fourth-order valence-electron chi connectivity index (χ4n) is 2.46. The molecule has 1 saturated heterocycles. The van der Waals surface area contributed by atoms with Gasteiger partial charge in [0.25, 0.3) is 0 Å². The summed E-state index contributed by atoms with van der Waals surface area (Å²) in [5, 5.41) is 3.67. The third-order valence-corrected chi connectivity index (χ3v) is 3.51. The first-order valence-electron chi connectivity index (χ1n) is 7.26. The summed E-state index contributed by atoms with van der Waals surface area (Å²) in [5.74, 6) is 0. The monoisotopic (exact) mass is 242 g/mol. The van der Waals surface area contributed by atoms with E-state index in [9.17, 15) is 0 Å². The van der Waals surface area contributed by atoms with Gasteiger partial charge in [-0.15, -0.1) is 0 Å². The second-order valence-corrected chi connectivity index (χ2v) is 5.39. The fraction of sp³-hybridized carbons (Fsp3) is 1.00. The predicted molar refractivity (Wildman–Crippen MR) is 73.4 cm³/mol. The van der Waals surface area contributed by atoms with Gasteiger partial charge in [0.1, 0.15) is 0 Å². The SMILES string of the molecule is CCCNC(CCC)CN1CC(C)OCC1C. The Balaban J connectivity index is 2.40. The molecule has 0 aromatic heterocycles. The van der Waals surface area contributed by atoms with E-state index in [0.717, 1.165) is 19.7 Å². The summed E-state index contributed by atoms with van der Waals surface area (Å²) < 4.78 is 5.68. The highest BCUT2D eigenvalue weighted by atomic mass is 16.5. The van der Waals surface area contributed by atoms with Gasteiger partial charge in [0, 0.05) is 25.2 Å². The molecular weight excluding hydrogens is 212 g/mol. The highest BCUT2D eigenvalue weighted by molar-refractivity contribution is 4.80. The Hall–Kier alpha value is -0.120. The largest absolute Gasteiger partial charge is 0.376 e. The van der Waals surface area contributed by atoms with Gasteiger partial charge in [-0.1, -0.05) is 20.3 Å². The molecule has 3 heteroatoms. The van der Waals surface area contributed by atoms with Crippen molar-refractivity contribution in [3.8, 4) is 0 Å². The zero-order valence-electron chi connectivity index (χ0n) is 12.0. The Kier molecular flexibility index (Phi) is 7.09. The fourth-order valence-corrected chi connectivity index (χ4v) is 2.46. The van der Waals surface area contributed by atoms with Gasteiger partial charge in [0.2, 0.25) is 0 Å². The summed E-state index contributed by atoms with van der Waals surface area (Å²) >= 11 is 0. The summed E-state index contributed by atoms with van der Waals surface area (Å²) in [4.78, 5) is 2.58. The molecule has 0 aromatic carbocycles. The highest BCUT2D eigenvalue weighted by Crippen LogP contribution is 2.13. The Morgan fingerprint density at radius 2 is 2.06 bits per heavy atom. The lowest BCUT2D eigenvalue weighted by atomic mass is 10.1. The van der Waals surface area contributed by atoms with Gasteiger partial charge >= 0.3 is 0 Å². The van der Waals surface area contributed by atoms with Crippen molar-refractivity contribution in [3.63, 3.8) is 0 Å². The first-order valence-corrected chi connectivity index (χ1v) is 7.26. The summed E-state index contributed by atoms with van der Waals surface area (Å²) in [7, 11) is 0. The number of morpholine rings is 1. The second kappa shape index (κ2) is 8.06. The van der Waals surface area contributed by atoms with Crippen molar-refractivity contribution in [1.82, 2.24) is 10.2 Å². The van der Waals surface area contributed by atoms with Crippen LogP contribution in [0.2, 0.25) is 0 Å². The topological polar surface area (TPSA) is 24.5 Å². The number of hydrogen-bond acceptors (Lipinski definition) is 3. The lowest BCUT2D eigenvalue weighted by Crippen LogP contribution is -2.52. The maximum absolute atomic E-state index is 5.68. The molecule has 3 atom stereocenters. The minimum atomic E-state index is 0.389. The van der Waals surface area contributed by atoms with Crippen molar-refractivity contribution in [3.05, 3.63) is 0 Å². The van der Waals surface area contributed by atoms with E-state index in [2.05, 4.69) is 37.9 Å². The van der Waals surface area contributed by atoms with Gasteiger partial charge in [-0.05, 0) is 33.2 Å². The Labute approximate surface area is 107 Å². The molecule has 1 aliphatic heterocycles. The number of ether oxygens (including phenoxy) is 1. The van der Waals surface area contributed by atoms with Gasteiger partial charge < -0.3 is 10.1 Å². The van der Waals surface area contributed by atoms with Crippen LogP contribution in [0, 0.1) is 0 Å². The molecule has 1 aliphatic rings. The number of nitrogens with zero attached hydrogens (tertiary/aromatic N) is 1. The zero-order valence-corrected chi connectivity index (χ0v) is 12.0. The van der Waals surface area contributed by atoms with E-state index in [4.69, 9.17) is 4.74 Å². The molecule has 0 amide bonds. The molecule has 0 aromatic rings. The number of hydrogen-bond donors (Lipinski definition) is 1. The summed E-state index contributed by atoms with van der Waals surface area (Å²) in [6, 6.07) is 1.21. The number of rotatable bonds is 7. The van der Waals surface area contributed by atoms with Crippen molar-refractivity contribution in [2.24, 2.45) is 0 Å². The number of nitrogens with one attached hydrogen (secondary N) is 1. The molecule has 0 spiro atoms. The standard InChI is InChI=1S/C14H30N2O/c1-5-7-14(15-8-6-2)10-16-9-13(4)17-11-12(16)3/h12-15H,5-11H2,1-4H3. The van der Waals surface area contributed by atoms with Gasteiger partial charge in [-0.25, -0.2) is 0 Å². The van der Waals surface area contributed by atoms with Crippen LogP contribution in [0.4, 0.5) is 0 Å². The van der Waals surface area contributed by atoms with Crippen LogP contribution in [0.15, 0.2) is 0 Å². The quantitative estimate of drug-likeness (QED) is 0.741. The van der Waals surface area contributed by atoms with Crippen LogP contribution >= 0.6 is 0 Å². The molecule has 3 nitrogen and oxygen atoms in total. The summed E-state index contributed by atoms with van der Waals surface area (Å²) in [6.45, 7) is 13.2. The molecule has 3 unspecified atom stereocenters. The molecule has 17 heavy (non-hydrogen) atoms. The van der Waals surface area contributed by atoms with Crippen molar-refractivity contribution in [2.45, 2.75) is 65.1 Å². The summed E-state index contributed by atoms with van der Waals surface area (Å²) in [6.07, 6.45) is 4.14. The highest BCUT2D eigenvalue weighted by Gasteiger charge is 2.25. The van der Waals surface area contributed by atoms with E-state index in [-0.39, 0.29) is 0 Å². The van der Waals surface area contributed by atoms with E-state index >= 15 is 0 Å². The van der Waals surface area contributed by atoms with Crippen molar-refractivity contribution in [1.29, 1.82) is 0 Å². The predicted octanol–water partition coefficient (Wildman–Crippen LogP) is 2.26. The van der Waals surface area contributed by atoms with Gasteiger partial charge in [0.05, 0.1) is 12.7 Å². The lowest BCUT2D eigenvalue weighted by Gasteiger charge is -2.39. The molecule has 0 saturated carbocycles. The molecule has 102 valence electrons. The molecule has 1 heterocycles. The molecule has 0 radical (unpaired) electrons. The van der Waals surface area contributed by atoms with Gasteiger partial charge in [-0.2, -0.15) is 0 Å². The Bertz CT molecular complexity index is 199. The average molecular weight is 242 g/mol. The first kappa shape index (κ1) is 14.9. The molecule has 1 rings (SSSR count). The lowest BCUT2D eigenvalue weighted by molar-refractivity contribution is -0.0522. The van der Waals surface area contributed by atoms with Crippen LogP contribution in [-0.2, 0) is 4.74 Å². The van der Waals surface area contributed by atoms with Crippen LogP contribution in [0.3, 0.4) is 0 Å². The van der Waals surface area contributed by atoms with Crippen LogP contribution in [-0.4, -0.2) is 49.3 Å². The van der Waals surface area contributed by atoms with E-state index in [1.165, 1.54) is 25.8 Å². The van der Waals surface area contributed by atoms with Crippen LogP contribution < -0.4 is 5.32 Å². The van der Waals surface area contributed by atoms with E-state index in [1.807, 2.05) is 0 Å². The smallest absolute Gasteiger partial charge is 0.0674 e. The van der Waals surface area contributed by atoms with Crippen LogP contribution in [0.5, 0.6) is 0 Å². The normalized spacial score (nSPS) is 28.2. The van der Waals surface area contributed by atoms with E-state index in [0.29, 0.717) is 18.2 Å². The van der Waals surface area contributed by atoms with E-state index in [1.54, 1.807) is 0 Å². The Morgan fingerprint density at radius 3 is 2.71 bits per heavy atom. The molecule has 1 fully saturated rings. The van der Waals surface area contributed by atoms with Crippen molar-refractivity contribution < 1.29 is 4.74 Å². The first-order chi connectivity index (χ1) is 8.17. The molecule has 1 N–H and O–H groups in total. The van der Waals surface area contributed by atoms with Crippen LogP contribution in [0.25, 0.3) is 0 Å². The molecule has 0 bridgehead atoms. The third kappa shape index (κ3) is 5.36. The average Bonchev–Trinajstić information content (AvgIpc) is 2.31. The van der Waals surface area contributed by atoms with Gasteiger partial charge in [0.15, 0.2) is 0 Å². The maximum Gasteiger partial charge on any atom is 0.0674 e. The summed E-state index contributed by atoms with van der Waals surface area (Å²) in [5.41, 5.74) is 0. The maximum atomic E-state index is 5.68. The molecular formula is C14H30N2O. The van der Waals surface area contributed by atoms with Crippen molar-refractivity contribution >= 4 is 0 Å². The van der Waals surface area contributed by atoms with E-state index < -0.39 is 0 Å². The molecule has 0 aliphatic carbocycles. The minimum Gasteiger partial charge on any atom is -0.376 e. The van der Waals surface area contributed by atoms with Crippen LogP contribution in [0.1, 0.15) is 47.0 Å². The van der Waals surface area contributed by atoms with Gasteiger partial charge in [-0.3, -0.25) is 4.90 Å². The third-order valence-electron chi connectivity index (χ3n) is 3.51.